The van der Waals surface area contributed by atoms with Crippen LogP contribution in [0.15, 0.2) is 24.3 Å². The molecule has 0 aromatic heterocycles. The quantitative estimate of drug-likeness (QED) is 0.812. The molecular formula is C20H30N2O4. The molecule has 1 unspecified atom stereocenters. The third kappa shape index (κ3) is 6.24. The molecule has 1 aliphatic heterocycles. The molecule has 1 fully saturated rings. The highest BCUT2D eigenvalue weighted by atomic mass is 16.6. The van der Waals surface area contributed by atoms with Crippen LogP contribution >= 0.6 is 0 Å². The number of rotatable bonds is 5. The second kappa shape index (κ2) is 8.92. The topological polar surface area (TPSA) is 67.9 Å². The number of ether oxygens (including phenoxy) is 2. The minimum Gasteiger partial charge on any atom is -0.466 e. The van der Waals surface area contributed by atoms with Crippen LogP contribution < -0.4 is 10.2 Å². The highest BCUT2D eigenvalue weighted by Gasteiger charge is 2.27. The van der Waals surface area contributed by atoms with Crippen LogP contribution in [-0.4, -0.2) is 37.4 Å². The van der Waals surface area contributed by atoms with Crippen LogP contribution in [0.25, 0.3) is 0 Å². The van der Waals surface area contributed by atoms with Crippen LogP contribution in [0.5, 0.6) is 0 Å². The van der Waals surface area contributed by atoms with E-state index in [0.717, 1.165) is 30.6 Å². The van der Waals surface area contributed by atoms with Crippen molar-refractivity contribution in [3.63, 3.8) is 0 Å². The largest absolute Gasteiger partial charge is 0.466 e. The van der Waals surface area contributed by atoms with Crippen molar-refractivity contribution in [1.82, 2.24) is 5.32 Å². The second-order valence-corrected chi connectivity index (χ2v) is 7.56. The van der Waals surface area contributed by atoms with Gasteiger partial charge in [0.25, 0.3) is 0 Å². The number of nitrogens with zero attached hydrogens (tertiary/aromatic N) is 1. The van der Waals surface area contributed by atoms with E-state index in [-0.39, 0.29) is 11.9 Å². The summed E-state index contributed by atoms with van der Waals surface area (Å²) in [6.45, 7) is 9.81. The number of anilines is 1. The first-order valence-electron chi connectivity index (χ1n) is 9.26. The van der Waals surface area contributed by atoms with Gasteiger partial charge in [-0.3, -0.25) is 4.79 Å². The molecule has 1 N–H and O–H groups in total. The fourth-order valence-corrected chi connectivity index (χ4v) is 2.98. The summed E-state index contributed by atoms with van der Waals surface area (Å²) in [6, 6.07) is 8.03. The maximum atomic E-state index is 12.0. The number of alkyl carbamates (subject to hydrolysis) is 1. The lowest BCUT2D eigenvalue weighted by Crippen LogP contribution is -2.39. The number of carbonyl (C=O) groups is 2. The molecule has 1 aromatic rings. The average molecular weight is 362 g/mol. The van der Waals surface area contributed by atoms with Gasteiger partial charge < -0.3 is 19.7 Å². The molecule has 1 aliphatic rings. The van der Waals surface area contributed by atoms with Gasteiger partial charge in [-0.15, -0.1) is 0 Å². The first-order valence-corrected chi connectivity index (χ1v) is 9.26. The Morgan fingerprint density at radius 2 is 1.92 bits per heavy atom. The normalized spacial score (nSPS) is 17.5. The molecule has 1 amide bonds. The third-order valence-electron chi connectivity index (χ3n) is 4.18. The summed E-state index contributed by atoms with van der Waals surface area (Å²) in [7, 11) is 0. The van der Waals surface area contributed by atoms with Gasteiger partial charge in [0.2, 0.25) is 0 Å². The van der Waals surface area contributed by atoms with Gasteiger partial charge >= 0.3 is 12.1 Å². The third-order valence-corrected chi connectivity index (χ3v) is 4.18. The van der Waals surface area contributed by atoms with Gasteiger partial charge in [-0.05, 0) is 58.2 Å². The van der Waals surface area contributed by atoms with Gasteiger partial charge in [0.15, 0.2) is 0 Å². The fraction of sp³-hybridized carbons (Fsp3) is 0.600. The molecule has 1 atom stereocenters. The maximum absolute atomic E-state index is 12.0. The van der Waals surface area contributed by atoms with E-state index >= 15 is 0 Å². The molecule has 144 valence electrons. The molecule has 1 saturated heterocycles. The number of hydrogen-bond acceptors (Lipinski definition) is 5. The van der Waals surface area contributed by atoms with Crippen LogP contribution in [0.2, 0.25) is 0 Å². The summed E-state index contributed by atoms with van der Waals surface area (Å²) < 4.78 is 10.4. The van der Waals surface area contributed by atoms with E-state index in [4.69, 9.17) is 9.47 Å². The van der Waals surface area contributed by atoms with E-state index in [1.54, 1.807) is 0 Å². The molecule has 6 nitrogen and oxygen atoms in total. The lowest BCUT2D eigenvalue weighted by molar-refractivity contribution is -0.148. The summed E-state index contributed by atoms with van der Waals surface area (Å²) in [5.74, 6) is -0.160. The van der Waals surface area contributed by atoms with E-state index in [0.29, 0.717) is 19.7 Å². The van der Waals surface area contributed by atoms with E-state index in [1.807, 2.05) is 52.0 Å². The summed E-state index contributed by atoms with van der Waals surface area (Å²) >= 11 is 0. The first kappa shape index (κ1) is 20.1. The number of piperidine rings is 1. The summed E-state index contributed by atoms with van der Waals surface area (Å²) in [5.41, 5.74) is 1.58. The Kier molecular flexibility index (Phi) is 6.89. The Morgan fingerprint density at radius 1 is 1.23 bits per heavy atom. The number of carbonyl (C=O) groups excluding carboxylic acids is 2. The van der Waals surface area contributed by atoms with E-state index < -0.39 is 11.7 Å². The molecule has 0 bridgehead atoms. The van der Waals surface area contributed by atoms with Gasteiger partial charge in [0.05, 0.1) is 12.5 Å². The molecule has 0 spiro atoms. The first-order chi connectivity index (χ1) is 12.3. The highest BCUT2D eigenvalue weighted by molar-refractivity contribution is 5.73. The summed E-state index contributed by atoms with van der Waals surface area (Å²) in [5, 5.41) is 2.75. The van der Waals surface area contributed by atoms with Gasteiger partial charge in [-0.2, -0.15) is 0 Å². The molecule has 6 heteroatoms. The molecular weight excluding hydrogens is 332 g/mol. The van der Waals surface area contributed by atoms with E-state index in [1.165, 1.54) is 0 Å². The molecule has 0 aliphatic carbocycles. The van der Waals surface area contributed by atoms with E-state index in [2.05, 4.69) is 10.2 Å². The zero-order chi connectivity index (χ0) is 19.2. The maximum Gasteiger partial charge on any atom is 0.407 e. The Bertz CT molecular complexity index is 607. The zero-order valence-corrected chi connectivity index (χ0v) is 16.2. The van der Waals surface area contributed by atoms with Gasteiger partial charge in [0.1, 0.15) is 5.60 Å². The smallest absolute Gasteiger partial charge is 0.407 e. The van der Waals surface area contributed by atoms with Crippen molar-refractivity contribution in [2.45, 2.75) is 52.7 Å². The van der Waals surface area contributed by atoms with Crippen molar-refractivity contribution in [3.05, 3.63) is 29.8 Å². The number of esters is 1. The Hall–Kier alpha value is -2.24. The van der Waals surface area contributed by atoms with Crippen LogP contribution in [-0.2, 0) is 20.8 Å². The number of benzene rings is 1. The van der Waals surface area contributed by atoms with Gasteiger partial charge in [-0.25, -0.2) is 4.79 Å². The molecule has 0 saturated carbocycles. The molecule has 26 heavy (non-hydrogen) atoms. The number of nitrogens with one attached hydrogen (secondary N) is 1. The van der Waals surface area contributed by atoms with Gasteiger partial charge in [-0.1, -0.05) is 12.1 Å². The van der Waals surface area contributed by atoms with E-state index in [9.17, 15) is 9.59 Å². The van der Waals surface area contributed by atoms with Crippen molar-refractivity contribution in [2.24, 2.45) is 5.92 Å². The fourth-order valence-electron chi connectivity index (χ4n) is 2.98. The van der Waals surface area contributed by atoms with Crippen molar-refractivity contribution in [2.75, 3.05) is 24.6 Å². The summed E-state index contributed by atoms with van der Waals surface area (Å²) in [4.78, 5) is 25.9. The lowest BCUT2D eigenvalue weighted by Gasteiger charge is -2.33. The Labute approximate surface area is 155 Å². The van der Waals surface area contributed by atoms with Crippen molar-refractivity contribution < 1.29 is 19.1 Å². The monoisotopic (exact) mass is 362 g/mol. The molecule has 2 rings (SSSR count). The molecule has 0 radical (unpaired) electrons. The van der Waals surface area contributed by atoms with Gasteiger partial charge in [0, 0.05) is 25.3 Å². The summed E-state index contributed by atoms with van der Waals surface area (Å²) in [6.07, 6.45) is 1.44. The Morgan fingerprint density at radius 3 is 2.54 bits per heavy atom. The SMILES string of the molecule is CCOC(=O)C1CCCN(c2ccc(CNC(=O)OC(C)(C)C)cc2)C1. The van der Waals surface area contributed by atoms with Crippen molar-refractivity contribution >= 4 is 17.7 Å². The average Bonchev–Trinajstić information content (AvgIpc) is 2.59. The second-order valence-electron chi connectivity index (χ2n) is 7.56. The predicted molar refractivity (Wildman–Crippen MR) is 101 cm³/mol. The standard InChI is InChI=1S/C20H30N2O4/c1-5-25-18(23)16-7-6-12-22(14-16)17-10-8-15(9-11-17)13-21-19(24)26-20(2,3)4/h8-11,16H,5-7,12-14H2,1-4H3,(H,21,24). The number of hydrogen-bond donors (Lipinski definition) is 1. The van der Waals surface area contributed by atoms with Crippen LogP contribution in [0.3, 0.4) is 0 Å². The minimum atomic E-state index is -0.502. The minimum absolute atomic E-state index is 0.0581. The number of amides is 1. The van der Waals surface area contributed by atoms with Crippen LogP contribution in [0.4, 0.5) is 10.5 Å². The molecule has 1 heterocycles. The Balaban J connectivity index is 1.88. The molecule has 1 aromatic carbocycles. The van der Waals surface area contributed by atoms with Crippen LogP contribution in [0, 0.1) is 5.92 Å². The highest BCUT2D eigenvalue weighted by Crippen LogP contribution is 2.24. The van der Waals surface area contributed by atoms with Crippen LogP contribution in [0.1, 0.15) is 46.1 Å². The van der Waals surface area contributed by atoms with Crippen molar-refractivity contribution in [3.8, 4) is 0 Å². The predicted octanol–water partition coefficient (Wildman–Crippen LogP) is 3.49. The lowest BCUT2D eigenvalue weighted by atomic mass is 9.97. The zero-order valence-electron chi connectivity index (χ0n) is 16.2. The van der Waals surface area contributed by atoms with Crippen molar-refractivity contribution in [1.29, 1.82) is 0 Å².